The zero-order chi connectivity index (χ0) is 27.5. The van der Waals surface area contributed by atoms with Crippen LogP contribution in [0.15, 0.2) is 78.9 Å². The van der Waals surface area contributed by atoms with Gasteiger partial charge in [-0.05, 0) is 34.7 Å². The lowest BCUT2D eigenvalue weighted by Gasteiger charge is -2.35. The van der Waals surface area contributed by atoms with Crippen LogP contribution < -0.4 is 5.32 Å². The fraction of sp³-hybridized carbons (Fsp3) is 0.250. The Bertz CT molecular complexity index is 1300. The summed E-state index contributed by atoms with van der Waals surface area (Å²) >= 11 is 0. The van der Waals surface area contributed by atoms with E-state index >= 15 is 0 Å². The number of alkyl carbamates (subject to hydrolysis) is 1. The van der Waals surface area contributed by atoms with Gasteiger partial charge in [-0.3, -0.25) is 14.9 Å². The molecule has 0 saturated carbocycles. The lowest BCUT2D eigenvalue weighted by molar-refractivity contribution is -0.201. The maximum absolute atomic E-state index is 14.2. The van der Waals surface area contributed by atoms with Crippen LogP contribution in [0.4, 0.5) is 18.0 Å². The Balaban J connectivity index is 1.53. The first-order chi connectivity index (χ1) is 18.0. The van der Waals surface area contributed by atoms with E-state index < -0.39 is 48.7 Å². The molecule has 2 amide bonds. The molecule has 1 atom stereocenters. The van der Waals surface area contributed by atoms with E-state index in [1.165, 1.54) is 0 Å². The van der Waals surface area contributed by atoms with E-state index in [-0.39, 0.29) is 6.61 Å². The lowest BCUT2D eigenvalue weighted by atomic mass is 9.98. The number of ether oxygens (including phenoxy) is 1. The Kier molecular flexibility index (Phi) is 7.43. The number of rotatable bonds is 8. The van der Waals surface area contributed by atoms with Gasteiger partial charge in [-0.25, -0.2) is 4.79 Å². The van der Waals surface area contributed by atoms with Gasteiger partial charge in [0.15, 0.2) is 0 Å². The zero-order valence-electron chi connectivity index (χ0n) is 20.4. The van der Waals surface area contributed by atoms with Gasteiger partial charge in [0.25, 0.3) is 5.91 Å². The van der Waals surface area contributed by atoms with E-state index in [0.717, 1.165) is 22.3 Å². The molecule has 0 bridgehead atoms. The van der Waals surface area contributed by atoms with E-state index in [1.807, 2.05) is 48.5 Å². The molecule has 198 valence electrons. The maximum atomic E-state index is 14.2. The normalized spacial score (nSPS) is 14.1. The number of carboxylic acids is 1. The van der Waals surface area contributed by atoms with Gasteiger partial charge in [-0.1, -0.05) is 78.9 Å². The molecule has 3 aromatic rings. The lowest BCUT2D eigenvalue weighted by Crippen LogP contribution is -2.66. The van der Waals surface area contributed by atoms with Crippen LogP contribution in [0.25, 0.3) is 11.1 Å². The Labute approximate surface area is 216 Å². The van der Waals surface area contributed by atoms with Crippen molar-refractivity contribution in [1.29, 1.82) is 0 Å². The van der Waals surface area contributed by atoms with Gasteiger partial charge in [0.1, 0.15) is 13.2 Å². The van der Waals surface area contributed by atoms with Crippen LogP contribution in [0, 0.1) is 0 Å². The van der Waals surface area contributed by atoms with Gasteiger partial charge in [0.2, 0.25) is 5.54 Å². The van der Waals surface area contributed by atoms with E-state index in [0.29, 0.717) is 17.4 Å². The number of nitrogens with zero attached hydrogens (tertiary/aromatic N) is 1. The summed E-state index contributed by atoms with van der Waals surface area (Å²) < 4.78 is 47.9. The molecule has 1 aliphatic carbocycles. The van der Waals surface area contributed by atoms with Gasteiger partial charge in [-0.15, -0.1) is 0 Å². The fourth-order valence-electron chi connectivity index (χ4n) is 4.57. The van der Waals surface area contributed by atoms with Crippen LogP contribution in [0.2, 0.25) is 0 Å². The molecule has 0 aliphatic heterocycles. The first kappa shape index (κ1) is 26.7. The van der Waals surface area contributed by atoms with Crippen LogP contribution in [0.1, 0.15) is 29.5 Å². The molecule has 10 heteroatoms. The topological polar surface area (TPSA) is 95.9 Å². The van der Waals surface area contributed by atoms with Gasteiger partial charge >= 0.3 is 18.2 Å². The molecule has 0 aromatic heterocycles. The molecule has 0 heterocycles. The molecule has 2 N–H and O–H groups in total. The predicted octanol–water partition coefficient (Wildman–Crippen LogP) is 4.96. The van der Waals surface area contributed by atoms with Crippen LogP contribution in [-0.4, -0.2) is 52.8 Å². The second kappa shape index (κ2) is 10.6. The summed E-state index contributed by atoms with van der Waals surface area (Å²) in [6, 6.07) is 22.9. The van der Waals surface area contributed by atoms with Gasteiger partial charge < -0.3 is 14.7 Å². The number of amides is 2. The summed E-state index contributed by atoms with van der Waals surface area (Å²) in [5, 5.41) is 10.9. The van der Waals surface area contributed by atoms with Crippen molar-refractivity contribution in [1.82, 2.24) is 10.2 Å². The predicted molar refractivity (Wildman–Crippen MR) is 132 cm³/mol. The fourth-order valence-corrected chi connectivity index (χ4v) is 4.57. The highest BCUT2D eigenvalue weighted by Crippen LogP contribution is 2.44. The Morgan fingerprint density at radius 2 is 1.42 bits per heavy atom. The number of nitrogens with one attached hydrogen (secondary N) is 1. The zero-order valence-corrected chi connectivity index (χ0v) is 20.4. The minimum absolute atomic E-state index is 0.259. The smallest absolute Gasteiger partial charge is 0.420 e. The van der Waals surface area contributed by atoms with Crippen molar-refractivity contribution < 1.29 is 37.4 Å². The molecule has 38 heavy (non-hydrogen) atoms. The summed E-state index contributed by atoms with van der Waals surface area (Å²) in [4.78, 5) is 37.7. The van der Waals surface area contributed by atoms with Crippen molar-refractivity contribution in [3.63, 3.8) is 0 Å². The van der Waals surface area contributed by atoms with Crippen LogP contribution in [0.3, 0.4) is 0 Å². The van der Waals surface area contributed by atoms with Crippen molar-refractivity contribution in [2.24, 2.45) is 0 Å². The molecule has 3 aromatic carbocycles. The largest absolute Gasteiger partial charge is 0.480 e. The third-order valence-corrected chi connectivity index (χ3v) is 6.52. The Hall–Kier alpha value is -4.34. The highest BCUT2D eigenvalue weighted by atomic mass is 19.4. The summed E-state index contributed by atoms with van der Waals surface area (Å²) in [7, 11) is 0. The number of alkyl halides is 3. The molecule has 1 aliphatic rings. The molecule has 4 rings (SSSR count). The molecule has 1 unspecified atom stereocenters. The second-order valence-corrected chi connectivity index (χ2v) is 9.11. The van der Waals surface area contributed by atoms with Crippen LogP contribution in [0.5, 0.6) is 0 Å². The summed E-state index contributed by atoms with van der Waals surface area (Å²) in [6.45, 7) is -1.16. The van der Waals surface area contributed by atoms with Crippen molar-refractivity contribution >= 4 is 18.0 Å². The second-order valence-electron chi connectivity index (χ2n) is 9.11. The third-order valence-electron chi connectivity index (χ3n) is 6.52. The first-order valence-corrected chi connectivity index (χ1v) is 11.8. The maximum Gasteiger partial charge on any atom is 0.420 e. The Morgan fingerprint density at radius 1 is 0.895 bits per heavy atom. The minimum Gasteiger partial charge on any atom is -0.480 e. The van der Waals surface area contributed by atoms with Gasteiger partial charge in [0, 0.05) is 12.5 Å². The molecule has 7 nitrogen and oxygen atoms in total. The SMILES string of the molecule is CC(NC(=O)OCC1c2ccccc2-c2ccccc21)(C(=O)N(CC(=O)O)Cc1ccccc1)C(F)(F)F. The van der Waals surface area contributed by atoms with E-state index in [9.17, 15) is 32.7 Å². The van der Waals surface area contributed by atoms with Crippen LogP contribution >= 0.6 is 0 Å². The number of benzene rings is 3. The number of carbonyl (C=O) groups is 3. The number of fused-ring (bicyclic) bond motifs is 3. The number of hydrogen-bond acceptors (Lipinski definition) is 4. The highest BCUT2D eigenvalue weighted by molar-refractivity contribution is 5.92. The van der Waals surface area contributed by atoms with E-state index in [2.05, 4.69) is 0 Å². The van der Waals surface area contributed by atoms with E-state index in [1.54, 1.807) is 35.6 Å². The standard InChI is InChI=1S/C28H25F3N2O5/c1-27(28(29,30)31,25(36)33(16-24(34)35)15-18-9-3-2-4-10-18)32-26(37)38-17-23-21-13-7-5-11-19(21)20-12-6-8-14-22(20)23/h2-14,23H,15-17H2,1H3,(H,32,37)(H,34,35). The molecule has 0 radical (unpaired) electrons. The molecular formula is C28H25F3N2O5. The average molecular weight is 527 g/mol. The first-order valence-electron chi connectivity index (χ1n) is 11.8. The molecular weight excluding hydrogens is 501 g/mol. The molecule has 0 saturated heterocycles. The van der Waals surface area contributed by atoms with Gasteiger partial charge in [-0.2, -0.15) is 13.2 Å². The molecule has 0 spiro atoms. The summed E-state index contributed by atoms with van der Waals surface area (Å²) in [6.07, 6.45) is -6.70. The monoisotopic (exact) mass is 526 g/mol. The van der Waals surface area contributed by atoms with Crippen molar-refractivity contribution in [3.05, 3.63) is 95.6 Å². The average Bonchev–Trinajstić information content (AvgIpc) is 3.20. The van der Waals surface area contributed by atoms with Crippen molar-refractivity contribution in [3.8, 4) is 11.1 Å². The number of hydrogen-bond donors (Lipinski definition) is 2. The Morgan fingerprint density at radius 3 is 1.95 bits per heavy atom. The van der Waals surface area contributed by atoms with E-state index in [4.69, 9.17) is 4.74 Å². The van der Waals surface area contributed by atoms with Gasteiger partial charge in [0.05, 0.1) is 0 Å². The minimum atomic E-state index is -5.25. The summed E-state index contributed by atoms with van der Waals surface area (Å²) in [5.74, 6) is -3.52. The number of carboxylic acid groups (broad SMARTS) is 1. The summed E-state index contributed by atoms with van der Waals surface area (Å²) in [5.41, 5.74) is 0.612. The number of aliphatic carboxylic acids is 1. The molecule has 0 fully saturated rings. The highest BCUT2D eigenvalue weighted by Gasteiger charge is 2.59. The third kappa shape index (κ3) is 5.34. The van der Waals surface area contributed by atoms with Crippen molar-refractivity contribution in [2.45, 2.75) is 31.1 Å². The number of carbonyl (C=O) groups excluding carboxylic acids is 2. The quantitative estimate of drug-likeness (QED) is 0.433. The number of halogens is 3. The van der Waals surface area contributed by atoms with Crippen LogP contribution in [-0.2, 0) is 20.9 Å². The van der Waals surface area contributed by atoms with Crippen molar-refractivity contribution in [2.75, 3.05) is 13.2 Å².